The zero-order valence-corrected chi connectivity index (χ0v) is 22.7. The zero-order valence-electron chi connectivity index (χ0n) is 21.9. The van der Waals surface area contributed by atoms with Crippen molar-refractivity contribution in [2.45, 2.75) is 78.8 Å². The van der Waals surface area contributed by atoms with Gasteiger partial charge in [-0.2, -0.15) is 11.8 Å². The van der Waals surface area contributed by atoms with Crippen molar-refractivity contribution in [3.8, 4) is 0 Å². The second-order valence-corrected chi connectivity index (χ2v) is 9.86. The van der Waals surface area contributed by atoms with Crippen molar-refractivity contribution in [2.75, 3.05) is 11.5 Å². The van der Waals surface area contributed by atoms with Gasteiger partial charge < -0.3 is 25.6 Å². The Morgan fingerprint density at radius 2 is 1.47 bits per heavy atom. The van der Waals surface area contributed by atoms with E-state index in [1.165, 1.54) is 35.4 Å². The van der Waals surface area contributed by atoms with Crippen LogP contribution in [-0.2, 0) is 19.1 Å². The highest BCUT2D eigenvalue weighted by Gasteiger charge is 2.28. The molecular weight excluding hydrogens is 484 g/mol. The quantitative estimate of drug-likeness (QED) is 0.121. The summed E-state index contributed by atoms with van der Waals surface area (Å²) in [5, 5.41) is 22.9. The maximum Gasteiger partial charge on any atom is 0.412 e. The standard InChI is InChI=1S/C26H40N2O7S/c1-17(2)9-7-10-19(5)11-8-12-20(6)13-14-36-16-22(25(32)33)27-24(31)21(15-23(29)30)28-26(34)35-18(3)4/h9,11,13,21-22H,3,7-8,10,12,14-16H2,1-2,4-6H3,(H,27,31)(H,28,34)(H,29,30)(H,32,33)/b19-11+,20-13+/t21?,22-/m0/s1. The van der Waals surface area contributed by atoms with Crippen LogP contribution in [0.4, 0.5) is 4.79 Å². The fourth-order valence-electron chi connectivity index (χ4n) is 2.89. The van der Waals surface area contributed by atoms with Gasteiger partial charge in [-0.1, -0.05) is 41.5 Å². The molecule has 0 aliphatic heterocycles. The van der Waals surface area contributed by atoms with Crippen molar-refractivity contribution in [2.24, 2.45) is 0 Å². The molecule has 202 valence electrons. The van der Waals surface area contributed by atoms with Crippen LogP contribution in [0.25, 0.3) is 0 Å². The lowest BCUT2D eigenvalue weighted by Gasteiger charge is -2.20. The number of alkyl carbamates (subject to hydrolysis) is 1. The number of carboxylic acids is 2. The third-order valence-electron chi connectivity index (χ3n) is 4.83. The second-order valence-electron chi connectivity index (χ2n) is 8.78. The molecule has 0 aliphatic rings. The molecule has 0 heterocycles. The van der Waals surface area contributed by atoms with Gasteiger partial charge in [-0.05, 0) is 60.3 Å². The highest BCUT2D eigenvalue weighted by atomic mass is 32.2. The van der Waals surface area contributed by atoms with Crippen LogP contribution >= 0.6 is 11.8 Å². The molecule has 0 aromatic carbocycles. The first-order valence-electron chi connectivity index (χ1n) is 11.7. The molecular formula is C26H40N2O7S. The number of amides is 2. The van der Waals surface area contributed by atoms with E-state index in [1.54, 1.807) is 0 Å². The van der Waals surface area contributed by atoms with Gasteiger partial charge in [0.25, 0.3) is 0 Å². The van der Waals surface area contributed by atoms with Crippen LogP contribution in [0.5, 0.6) is 0 Å². The van der Waals surface area contributed by atoms with Gasteiger partial charge in [0.05, 0.1) is 12.2 Å². The lowest BCUT2D eigenvalue weighted by molar-refractivity contribution is -0.142. The van der Waals surface area contributed by atoms with Crippen LogP contribution in [0.1, 0.15) is 66.7 Å². The number of hydrogen-bond donors (Lipinski definition) is 4. The fraction of sp³-hybridized carbons (Fsp3) is 0.538. The van der Waals surface area contributed by atoms with Crippen LogP contribution in [-0.4, -0.2) is 57.7 Å². The minimum atomic E-state index is -1.50. The maximum absolute atomic E-state index is 12.5. The van der Waals surface area contributed by atoms with Gasteiger partial charge in [-0.25, -0.2) is 9.59 Å². The topological polar surface area (TPSA) is 142 Å². The van der Waals surface area contributed by atoms with E-state index < -0.39 is 42.4 Å². The van der Waals surface area contributed by atoms with E-state index in [0.717, 1.165) is 25.7 Å². The van der Waals surface area contributed by atoms with Crippen LogP contribution in [0, 0.1) is 0 Å². The number of aliphatic carboxylic acids is 2. The van der Waals surface area contributed by atoms with Gasteiger partial charge in [0, 0.05) is 11.5 Å². The fourth-order valence-corrected chi connectivity index (χ4v) is 3.89. The number of carbonyl (C=O) groups is 4. The molecule has 0 saturated carbocycles. The van der Waals surface area contributed by atoms with Gasteiger partial charge in [-0.15, -0.1) is 0 Å². The summed E-state index contributed by atoms with van der Waals surface area (Å²) < 4.78 is 4.68. The summed E-state index contributed by atoms with van der Waals surface area (Å²) in [4.78, 5) is 46.9. The minimum Gasteiger partial charge on any atom is -0.481 e. The molecule has 0 fully saturated rings. The third kappa shape index (κ3) is 17.4. The number of hydrogen-bond acceptors (Lipinski definition) is 6. The molecule has 10 heteroatoms. The second kappa shape index (κ2) is 18.3. The normalized spacial score (nSPS) is 13.2. The molecule has 0 saturated heterocycles. The third-order valence-corrected chi connectivity index (χ3v) is 5.80. The Hall–Kier alpha value is -3.01. The molecule has 0 aliphatic carbocycles. The predicted molar refractivity (Wildman–Crippen MR) is 143 cm³/mol. The highest BCUT2D eigenvalue weighted by molar-refractivity contribution is 7.99. The Morgan fingerprint density at radius 1 is 0.889 bits per heavy atom. The van der Waals surface area contributed by atoms with Crippen molar-refractivity contribution in [1.29, 1.82) is 0 Å². The molecule has 2 atom stereocenters. The summed E-state index contributed by atoms with van der Waals surface area (Å²) in [7, 11) is 0. The van der Waals surface area contributed by atoms with E-state index in [-0.39, 0.29) is 11.5 Å². The Labute approximate surface area is 218 Å². The Bertz CT molecular complexity index is 874. The van der Waals surface area contributed by atoms with E-state index >= 15 is 0 Å². The van der Waals surface area contributed by atoms with Crippen molar-refractivity contribution >= 4 is 35.7 Å². The van der Waals surface area contributed by atoms with Gasteiger partial charge in [-0.3, -0.25) is 9.59 Å². The van der Waals surface area contributed by atoms with Gasteiger partial charge in [0.1, 0.15) is 12.1 Å². The maximum atomic E-state index is 12.5. The molecule has 0 bridgehead atoms. The number of ether oxygens (including phenoxy) is 1. The van der Waals surface area contributed by atoms with E-state index in [0.29, 0.717) is 5.75 Å². The average molecular weight is 525 g/mol. The summed E-state index contributed by atoms with van der Waals surface area (Å²) in [6.45, 7) is 13.1. The monoisotopic (exact) mass is 524 g/mol. The van der Waals surface area contributed by atoms with Crippen molar-refractivity contribution in [3.05, 3.63) is 47.3 Å². The van der Waals surface area contributed by atoms with E-state index in [2.05, 4.69) is 54.9 Å². The number of nitrogens with one attached hydrogen (secondary N) is 2. The zero-order chi connectivity index (χ0) is 27.7. The minimum absolute atomic E-state index is 0.0516. The number of carboxylic acid groups (broad SMARTS) is 2. The molecule has 2 amide bonds. The SMILES string of the molecule is C=C(C)OC(=O)NC(CC(=O)O)C(=O)N[C@@H](CSC/C=C(\C)CC/C=C(\C)CCC=C(C)C)C(=O)O. The largest absolute Gasteiger partial charge is 0.481 e. The van der Waals surface area contributed by atoms with Crippen LogP contribution < -0.4 is 10.6 Å². The molecule has 0 aromatic heterocycles. The van der Waals surface area contributed by atoms with Crippen molar-refractivity contribution < 1.29 is 34.1 Å². The van der Waals surface area contributed by atoms with Crippen molar-refractivity contribution in [3.63, 3.8) is 0 Å². The molecule has 0 rings (SSSR count). The lowest BCUT2D eigenvalue weighted by atomic mass is 10.1. The summed E-state index contributed by atoms with van der Waals surface area (Å²) in [6, 6.07) is -2.75. The Kier molecular flexibility index (Phi) is 16.8. The summed E-state index contributed by atoms with van der Waals surface area (Å²) in [6.07, 6.45) is 8.65. The first-order chi connectivity index (χ1) is 16.8. The number of carbonyl (C=O) groups excluding carboxylic acids is 2. The molecule has 1 unspecified atom stereocenters. The van der Waals surface area contributed by atoms with Gasteiger partial charge >= 0.3 is 18.0 Å². The van der Waals surface area contributed by atoms with Crippen LogP contribution in [0.15, 0.2) is 47.3 Å². The lowest BCUT2D eigenvalue weighted by Crippen LogP contribution is -2.53. The first kappa shape index (κ1) is 33.0. The summed E-state index contributed by atoms with van der Waals surface area (Å²) >= 11 is 1.33. The number of allylic oxidation sites excluding steroid dienone is 6. The van der Waals surface area contributed by atoms with Crippen LogP contribution in [0.3, 0.4) is 0 Å². The molecule has 4 N–H and O–H groups in total. The summed E-state index contributed by atoms with van der Waals surface area (Å²) in [5.41, 5.74) is 3.87. The predicted octanol–water partition coefficient (Wildman–Crippen LogP) is 4.81. The Morgan fingerprint density at radius 3 is 2.00 bits per heavy atom. The Balaban J connectivity index is 4.72. The molecule has 36 heavy (non-hydrogen) atoms. The van der Waals surface area contributed by atoms with Gasteiger partial charge in [0.15, 0.2) is 0 Å². The van der Waals surface area contributed by atoms with Gasteiger partial charge in [0.2, 0.25) is 5.91 Å². The van der Waals surface area contributed by atoms with E-state index in [1.807, 2.05) is 13.0 Å². The number of thioether (sulfide) groups is 1. The van der Waals surface area contributed by atoms with Crippen LogP contribution in [0.2, 0.25) is 0 Å². The van der Waals surface area contributed by atoms with E-state index in [4.69, 9.17) is 5.11 Å². The highest BCUT2D eigenvalue weighted by Crippen LogP contribution is 2.13. The number of rotatable bonds is 17. The molecule has 0 aromatic rings. The smallest absolute Gasteiger partial charge is 0.412 e. The van der Waals surface area contributed by atoms with E-state index in [9.17, 15) is 24.3 Å². The summed E-state index contributed by atoms with van der Waals surface area (Å²) in [5.74, 6) is -2.84. The first-order valence-corrected chi connectivity index (χ1v) is 12.9. The average Bonchev–Trinajstić information content (AvgIpc) is 2.73. The molecule has 9 nitrogen and oxygen atoms in total. The molecule has 0 spiro atoms. The van der Waals surface area contributed by atoms with Crippen molar-refractivity contribution in [1.82, 2.24) is 10.6 Å². The molecule has 0 radical (unpaired) electrons.